The molecule has 0 saturated heterocycles. The van der Waals surface area contributed by atoms with Gasteiger partial charge in [0.15, 0.2) is 0 Å². The van der Waals surface area contributed by atoms with Crippen LogP contribution >= 0.6 is 0 Å². The van der Waals surface area contributed by atoms with Gasteiger partial charge in [0.1, 0.15) is 0 Å². The molecule has 0 aliphatic rings. The van der Waals surface area contributed by atoms with Crippen molar-refractivity contribution < 1.29 is 19.7 Å². The molecule has 0 amide bonds. The van der Waals surface area contributed by atoms with Gasteiger partial charge in [-0.3, -0.25) is 0 Å². The predicted octanol–water partition coefficient (Wildman–Crippen LogP) is 3.52. The van der Waals surface area contributed by atoms with Crippen molar-refractivity contribution in [1.29, 1.82) is 0 Å². The Bertz CT molecular complexity index is 528. The Kier molecular flexibility index (Phi) is 14.6. The van der Waals surface area contributed by atoms with E-state index in [0.717, 1.165) is 29.8 Å². The average Bonchev–Trinajstić information content (AvgIpc) is 2.71. The number of anilines is 2. The third kappa shape index (κ3) is 12.1. The molecule has 0 aromatic heterocycles. The highest BCUT2D eigenvalue weighted by atomic mass is 16.5. The van der Waals surface area contributed by atoms with Crippen LogP contribution in [0.1, 0.15) is 57.4 Å². The SMILES string of the molecule is CCCCCCCCC(O)COCCN(CCOCCO)c1ccc(N)c(C)c1. The lowest BCUT2D eigenvalue weighted by atomic mass is 10.1. The van der Waals surface area contributed by atoms with Crippen LogP contribution < -0.4 is 10.6 Å². The summed E-state index contributed by atoms with van der Waals surface area (Å²) in [5.74, 6) is 0. The van der Waals surface area contributed by atoms with Crippen LogP contribution in [0.15, 0.2) is 18.2 Å². The van der Waals surface area contributed by atoms with Gasteiger partial charge in [-0.15, -0.1) is 0 Å². The van der Waals surface area contributed by atoms with Gasteiger partial charge in [0.05, 0.1) is 39.1 Å². The van der Waals surface area contributed by atoms with Gasteiger partial charge in [-0.05, 0) is 37.1 Å². The van der Waals surface area contributed by atoms with Crippen LogP contribution in [0.5, 0.6) is 0 Å². The number of benzene rings is 1. The summed E-state index contributed by atoms with van der Waals surface area (Å²) in [6.45, 7) is 7.44. The summed E-state index contributed by atoms with van der Waals surface area (Å²) >= 11 is 0. The second kappa shape index (κ2) is 16.5. The van der Waals surface area contributed by atoms with Crippen LogP contribution in [0.4, 0.5) is 11.4 Å². The van der Waals surface area contributed by atoms with E-state index in [1.807, 2.05) is 19.1 Å². The third-order valence-corrected chi connectivity index (χ3v) is 5.07. The van der Waals surface area contributed by atoms with Crippen LogP contribution in [-0.4, -0.2) is 62.4 Å². The van der Waals surface area contributed by atoms with E-state index in [0.29, 0.717) is 39.5 Å². The van der Waals surface area contributed by atoms with E-state index >= 15 is 0 Å². The van der Waals surface area contributed by atoms with Crippen LogP contribution in [0.3, 0.4) is 0 Å². The summed E-state index contributed by atoms with van der Waals surface area (Å²) in [6.07, 6.45) is 7.80. The molecule has 0 spiro atoms. The number of nitrogens with zero attached hydrogens (tertiary/aromatic N) is 1. The number of aliphatic hydroxyl groups excluding tert-OH is 2. The average molecular weight is 411 g/mol. The number of aryl methyl sites for hydroxylation is 1. The Morgan fingerprint density at radius 1 is 1.00 bits per heavy atom. The monoisotopic (exact) mass is 410 g/mol. The van der Waals surface area contributed by atoms with E-state index < -0.39 is 0 Å². The fourth-order valence-electron chi connectivity index (χ4n) is 3.21. The Morgan fingerprint density at radius 3 is 2.38 bits per heavy atom. The molecule has 0 aliphatic carbocycles. The van der Waals surface area contributed by atoms with Crippen LogP contribution in [-0.2, 0) is 9.47 Å². The van der Waals surface area contributed by atoms with Crippen molar-refractivity contribution in [2.45, 2.75) is 64.9 Å². The Balaban J connectivity index is 2.32. The molecule has 1 aromatic carbocycles. The summed E-state index contributed by atoms with van der Waals surface area (Å²) in [7, 11) is 0. The normalized spacial score (nSPS) is 12.3. The second-order valence-corrected chi connectivity index (χ2v) is 7.65. The van der Waals surface area contributed by atoms with E-state index in [1.165, 1.54) is 32.1 Å². The van der Waals surface area contributed by atoms with Crippen LogP contribution in [0.2, 0.25) is 0 Å². The number of hydrogen-bond acceptors (Lipinski definition) is 6. The van der Waals surface area contributed by atoms with Gasteiger partial charge in [-0.1, -0.05) is 45.4 Å². The molecule has 0 bridgehead atoms. The van der Waals surface area contributed by atoms with Gasteiger partial charge < -0.3 is 30.3 Å². The fourth-order valence-corrected chi connectivity index (χ4v) is 3.21. The summed E-state index contributed by atoms with van der Waals surface area (Å²) in [6, 6.07) is 5.98. The summed E-state index contributed by atoms with van der Waals surface area (Å²) in [5, 5.41) is 19.0. The Hall–Kier alpha value is -1.34. The number of rotatable bonds is 18. The molecule has 0 aliphatic heterocycles. The van der Waals surface area contributed by atoms with Gasteiger partial charge in [0.2, 0.25) is 0 Å². The maximum atomic E-state index is 10.1. The molecule has 0 fully saturated rings. The first-order valence-electron chi connectivity index (χ1n) is 11.1. The predicted molar refractivity (Wildman–Crippen MR) is 121 cm³/mol. The first-order valence-corrected chi connectivity index (χ1v) is 11.1. The molecule has 1 unspecified atom stereocenters. The zero-order valence-electron chi connectivity index (χ0n) is 18.4. The van der Waals surface area contributed by atoms with Crippen molar-refractivity contribution in [1.82, 2.24) is 0 Å². The molecule has 168 valence electrons. The summed E-state index contributed by atoms with van der Waals surface area (Å²) < 4.78 is 11.1. The lowest BCUT2D eigenvalue weighted by molar-refractivity contribution is 0.0335. The zero-order valence-corrected chi connectivity index (χ0v) is 18.4. The Labute approximate surface area is 177 Å². The lowest BCUT2D eigenvalue weighted by Crippen LogP contribution is -2.32. The summed E-state index contributed by atoms with van der Waals surface area (Å²) in [4.78, 5) is 2.18. The lowest BCUT2D eigenvalue weighted by Gasteiger charge is -2.25. The first kappa shape index (κ1) is 25.7. The molecule has 1 rings (SSSR count). The fraction of sp³-hybridized carbons (Fsp3) is 0.739. The van der Waals surface area contributed by atoms with Gasteiger partial charge in [-0.2, -0.15) is 0 Å². The number of unbranched alkanes of at least 4 members (excludes halogenated alkanes) is 5. The first-order chi connectivity index (χ1) is 14.1. The molecule has 1 aromatic rings. The second-order valence-electron chi connectivity index (χ2n) is 7.65. The Morgan fingerprint density at radius 2 is 1.69 bits per heavy atom. The maximum absolute atomic E-state index is 10.1. The highest BCUT2D eigenvalue weighted by Crippen LogP contribution is 2.20. The zero-order chi connectivity index (χ0) is 21.3. The van der Waals surface area contributed by atoms with Crippen molar-refractivity contribution in [2.75, 3.05) is 56.8 Å². The minimum absolute atomic E-state index is 0.0284. The third-order valence-electron chi connectivity index (χ3n) is 5.07. The van der Waals surface area contributed by atoms with Crippen molar-refractivity contribution in [3.8, 4) is 0 Å². The quantitative estimate of drug-likeness (QED) is 0.253. The van der Waals surface area contributed by atoms with E-state index in [2.05, 4.69) is 17.9 Å². The topological polar surface area (TPSA) is 88.2 Å². The molecular weight excluding hydrogens is 368 g/mol. The van der Waals surface area contributed by atoms with Crippen molar-refractivity contribution in [3.05, 3.63) is 23.8 Å². The molecule has 6 nitrogen and oxygen atoms in total. The van der Waals surface area contributed by atoms with Crippen molar-refractivity contribution in [3.63, 3.8) is 0 Å². The molecular formula is C23H42N2O4. The largest absolute Gasteiger partial charge is 0.399 e. The highest BCUT2D eigenvalue weighted by molar-refractivity contribution is 5.58. The van der Waals surface area contributed by atoms with E-state index in [4.69, 9.17) is 20.3 Å². The van der Waals surface area contributed by atoms with Crippen molar-refractivity contribution >= 4 is 11.4 Å². The van der Waals surface area contributed by atoms with Gasteiger partial charge >= 0.3 is 0 Å². The van der Waals surface area contributed by atoms with Crippen LogP contribution in [0.25, 0.3) is 0 Å². The van der Waals surface area contributed by atoms with E-state index in [1.54, 1.807) is 0 Å². The molecule has 6 heteroatoms. The van der Waals surface area contributed by atoms with Gasteiger partial charge in [0.25, 0.3) is 0 Å². The molecule has 0 saturated carbocycles. The number of nitrogens with two attached hydrogens (primary N) is 1. The minimum atomic E-state index is -0.388. The summed E-state index contributed by atoms with van der Waals surface area (Å²) in [5.41, 5.74) is 8.82. The smallest absolute Gasteiger partial charge is 0.0773 e. The van der Waals surface area contributed by atoms with Crippen molar-refractivity contribution in [2.24, 2.45) is 0 Å². The van der Waals surface area contributed by atoms with E-state index in [-0.39, 0.29) is 12.7 Å². The molecule has 29 heavy (non-hydrogen) atoms. The molecule has 0 radical (unpaired) electrons. The highest BCUT2D eigenvalue weighted by Gasteiger charge is 2.09. The minimum Gasteiger partial charge on any atom is -0.399 e. The molecule has 1 atom stereocenters. The molecule has 4 N–H and O–H groups in total. The van der Waals surface area contributed by atoms with E-state index in [9.17, 15) is 5.11 Å². The maximum Gasteiger partial charge on any atom is 0.0773 e. The number of hydrogen-bond donors (Lipinski definition) is 3. The number of nitrogen functional groups attached to an aromatic ring is 1. The number of ether oxygens (including phenoxy) is 2. The van der Waals surface area contributed by atoms with Gasteiger partial charge in [-0.25, -0.2) is 0 Å². The molecule has 0 heterocycles. The standard InChI is InChI=1S/C23H42N2O4/c1-3-4-5-6-7-8-9-22(27)19-29-16-13-25(12-15-28-17-14-26)21-10-11-23(24)20(2)18-21/h10-11,18,22,26-27H,3-9,12-17,19,24H2,1-2H3. The number of aliphatic hydroxyl groups is 2. The van der Waals surface area contributed by atoms with Crippen LogP contribution in [0, 0.1) is 6.92 Å². The van der Waals surface area contributed by atoms with Gasteiger partial charge in [0, 0.05) is 24.5 Å².